The van der Waals surface area contributed by atoms with Gasteiger partial charge in [-0.2, -0.15) is 0 Å². The van der Waals surface area contributed by atoms with Gasteiger partial charge in [-0.3, -0.25) is 0 Å². The molecule has 0 saturated carbocycles. The van der Waals surface area contributed by atoms with Gasteiger partial charge in [-0.15, -0.1) is 11.8 Å². The largest absolute Gasteiger partial charge is 0.365 e. The predicted molar refractivity (Wildman–Crippen MR) is 85.0 cm³/mol. The van der Waals surface area contributed by atoms with Crippen LogP contribution in [0.5, 0.6) is 0 Å². The molecule has 3 nitrogen and oxygen atoms in total. The Bertz CT molecular complexity index is 759. The quantitative estimate of drug-likeness (QED) is 0.736. The highest BCUT2D eigenvalue weighted by atomic mass is 32.2. The van der Waals surface area contributed by atoms with E-state index in [0.717, 1.165) is 5.56 Å². The molecule has 106 valence electrons. The minimum Gasteiger partial charge on any atom is -0.365 e. The second-order valence-electron chi connectivity index (χ2n) is 4.56. The predicted octanol–water partition coefficient (Wildman–Crippen LogP) is 4.10. The van der Waals surface area contributed by atoms with Crippen LogP contribution in [0, 0.1) is 5.82 Å². The van der Waals surface area contributed by atoms with Crippen molar-refractivity contribution in [1.29, 1.82) is 0 Å². The normalized spacial score (nSPS) is 10.8. The van der Waals surface area contributed by atoms with Gasteiger partial charge in [-0.05, 0) is 36.1 Å². The number of para-hydroxylation sites is 1. The fourth-order valence-electron chi connectivity index (χ4n) is 2.12. The molecule has 0 fully saturated rings. The van der Waals surface area contributed by atoms with Crippen LogP contribution < -0.4 is 5.32 Å². The van der Waals surface area contributed by atoms with E-state index in [9.17, 15) is 4.39 Å². The van der Waals surface area contributed by atoms with Crippen molar-refractivity contribution in [3.8, 4) is 0 Å². The molecule has 0 radical (unpaired) electrons. The highest BCUT2D eigenvalue weighted by molar-refractivity contribution is 7.98. The molecule has 1 aromatic heterocycles. The van der Waals surface area contributed by atoms with E-state index in [2.05, 4.69) is 45.8 Å². The Balaban J connectivity index is 1.83. The summed E-state index contributed by atoms with van der Waals surface area (Å²) in [7, 11) is 0. The molecule has 0 spiro atoms. The van der Waals surface area contributed by atoms with Crippen LogP contribution in [0.4, 0.5) is 10.2 Å². The molecule has 1 heterocycles. The summed E-state index contributed by atoms with van der Waals surface area (Å²) < 4.78 is 13.7. The molecule has 0 unspecified atom stereocenters. The number of fused-ring (bicyclic) bond motifs is 1. The number of anilines is 1. The van der Waals surface area contributed by atoms with Crippen molar-refractivity contribution in [2.75, 3.05) is 11.6 Å². The summed E-state index contributed by atoms with van der Waals surface area (Å²) in [5.41, 5.74) is 1.49. The first kappa shape index (κ1) is 13.8. The van der Waals surface area contributed by atoms with Crippen molar-refractivity contribution >= 4 is 28.5 Å². The van der Waals surface area contributed by atoms with Crippen molar-refractivity contribution in [2.24, 2.45) is 0 Å². The first-order valence-electron chi connectivity index (χ1n) is 6.54. The van der Waals surface area contributed by atoms with Crippen LogP contribution in [0.2, 0.25) is 0 Å². The molecule has 3 aromatic rings. The molecular formula is C16H14FN3S. The van der Waals surface area contributed by atoms with Crippen molar-refractivity contribution in [2.45, 2.75) is 11.4 Å². The number of hydrogen-bond donors (Lipinski definition) is 1. The van der Waals surface area contributed by atoms with Crippen LogP contribution in [-0.2, 0) is 6.54 Å². The van der Waals surface area contributed by atoms with Gasteiger partial charge in [0.05, 0.1) is 0 Å². The second kappa shape index (κ2) is 6.10. The third-order valence-electron chi connectivity index (χ3n) is 3.23. The van der Waals surface area contributed by atoms with Gasteiger partial charge in [0.25, 0.3) is 0 Å². The van der Waals surface area contributed by atoms with Gasteiger partial charge in [0.15, 0.2) is 0 Å². The Morgan fingerprint density at radius 1 is 1.10 bits per heavy atom. The lowest BCUT2D eigenvalue weighted by molar-refractivity contribution is 0.636. The van der Waals surface area contributed by atoms with Crippen molar-refractivity contribution in [1.82, 2.24) is 9.97 Å². The molecule has 2 aromatic carbocycles. The van der Waals surface area contributed by atoms with Gasteiger partial charge in [-0.25, -0.2) is 14.4 Å². The number of nitrogens with zero attached hydrogens (tertiary/aromatic N) is 2. The minimum atomic E-state index is -0.331. The maximum Gasteiger partial charge on any atom is 0.149 e. The van der Waals surface area contributed by atoms with Gasteiger partial charge >= 0.3 is 0 Å². The molecule has 0 aliphatic rings. The Morgan fingerprint density at radius 2 is 1.90 bits per heavy atom. The third kappa shape index (κ3) is 2.97. The van der Waals surface area contributed by atoms with E-state index in [4.69, 9.17) is 0 Å². The lowest BCUT2D eigenvalue weighted by Gasteiger charge is -2.09. The molecule has 5 heteroatoms. The maximum absolute atomic E-state index is 13.7. The Labute approximate surface area is 126 Å². The monoisotopic (exact) mass is 299 g/mol. The van der Waals surface area contributed by atoms with Gasteiger partial charge < -0.3 is 5.32 Å². The molecule has 3 rings (SSSR count). The van der Waals surface area contributed by atoms with E-state index in [-0.39, 0.29) is 5.82 Å². The van der Waals surface area contributed by atoms with Gasteiger partial charge in [0.1, 0.15) is 23.5 Å². The van der Waals surface area contributed by atoms with Crippen LogP contribution in [0.3, 0.4) is 0 Å². The van der Waals surface area contributed by atoms with E-state index in [1.165, 1.54) is 17.3 Å². The first-order valence-corrected chi connectivity index (χ1v) is 7.76. The van der Waals surface area contributed by atoms with E-state index >= 15 is 0 Å². The van der Waals surface area contributed by atoms with E-state index in [1.54, 1.807) is 17.8 Å². The van der Waals surface area contributed by atoms with E-state index in [1.807, 2.05) is 6.07 Å². The maximum atomic E-state index is 13.7. The lowest BCUT2D eigenvalue weighted by atomic mass is 10.2. The van der Waals surface area contributed by atoms with Crippen LogP contribution in [0.25, 0.3) is 10.9 Å². The Morgan fingerprint density at radius 3 is 2.67 bits per heavy atom. The van der Waals surface area contributed by atoms with Crippen LogP contribution in [-0.4, -0.2) is 16.2 Å². The average Bonchev–Trinajstić information content (AvgIpc) is 2.54. The zero-order chi connectivity index (χ0) is 14.7. The number of benzene rings is 2. The standard InChI is InChI=1S/C16H14FN3S/c1-21-12-7-5-11(6-8-12)9-18-16-13-3-2-4-14(17)15(13)19-10-20-16/h2-8,10H,9H2,1H3,(H,18,19,20). The third-order valence-corrected chi connectivity index (χ3v) is 3.98. The fourth-order valence-corrected chi connectivity index (χ4v) is 2.53. The van der Waals surface area contributed by atoms with E-state index < -0.39 is 0 Å². The summed E-state index contributed by atoms with van der Waals surface area (Å²) in [6, 6.07) is 13.2. The molecule has 0 amide bonds. The molecule has 21 heavy (non-hydrogen) atoms. The smallest absolute Gasteiger partial charge is 0.149 e. The summed E-state index contributed by atoms with van der Waals surface area (Å²) >= 11 is 1.71. The molecule has 1 N–H and O–H groups in total. The van der Waals surface area contributed by atoms with Crippen LogP contribution in [0.1, 0.15) is 5.56 Å². The zero-order valence-corrected chi connectivity index (χ0v) is 12.3. The molecule has 0 atom stereocenters. The number of aromatic nitrogens is 2. The van der Waals surface area contributed by atoms with Gasteiger partial charge in [-0.1, -0.05) is 18.2 Å². The second-order valence-corrected chi connectivity index (χ2v) is 5.44. The average molecular weight is 299 g/mol. The topological polar surface area (TPSA) is 37.8 Å². The lowest BCUT2D eigenvalue weighted by Crippen LogP contribution is -2.03. The zero-order valence-electron chi connectivity index (χ0n) is 11.5. The summed E-state index contributed by atoms with van der Waals surface area (Å²) in [5.74, 6) is 0.315. The highest BCUT2D eigenvalue weighted by Crippen LogP contribution is 2.22. The summed E-state index contributed by atoms with van der Waals surface area (Å²) in [6.45, 7) is 0.636. The molecule has 0 aliphatic heterocycles. The molecule has 0 bridgehead atoms. The van der Waals surface area contributed by atoms with Crippen LogP contribution >= 0.6 is 11.8 Å². The SMILES string of the molecule is CSc1ccc(CNc2ncnc3c(F)cccc23)cc1. The number of halogens is 1. The summed E-state index contributed by atoms with van der Waals surface area (Å²) in [5, 5.41) is 3.94. The highest BCUT2D eigenvalue weighted by Gasteiger charge is 2.06. The number of rotatable bonds is 4. The molecular weight excluding hydrogens is 285 g/mol. The molecule has 0 saturated heterocycles. The Kier molecular flexibility index (Phi) is 4.01. The van der Waals surface area contributed by atoms with E-state index in [0.29, 0.717) is 23.3 Å². The fraction of sp³-hybridized carbons (Fsp3) is 0.125. The van der Waals surface area contributed by atoms with Crippen molar-refractivity contribution in [3.63, 3.8) is 0 Å². The van der Waals surface area contributed by atoms with Crippen molar-refractivity contribution < 1.29 is 4.39 Å². The number of thioether (sulfide) groups is 1. The van der Waals surface area contributed by atoms with Crippen molar-refractivity contribution in [3.05, 3.63) is 60.2 Å². The van der Waals surface area contributed by atoms with Gasteiger partial charge in [0.2, 0.25) is 0 Å². The minimum absolute atomic E-state index is 0.331. The van der Waals surface area contributed by atoms with Crippen LogP contribution in [0.15, 0.2) is 53.7 Å². The molecule has 0 aliphatic carbocycles. The van der Waals surface area contributed by atoms with Gasteiger partial charge in [0, 0.05) is 16.8 Å². The number of nitrogens with one attached hydrogen (secondary N) is 1. The first-order chi connectivity index (χ1) is 10.3. The number of hydrogen-bond acceptors (Lipinski definition) is 4. The summed E-state index contributed by atoms with van der Waals surface area (Å²) in [6.07, 6.45) is 3.43. The summed E-state index contributed by atoms with van der Waals surface area (Å²) in [4.78, 5) is 9.42. The Hall–Kier alpha value is -2.14.